The standard InChI is InChI=1S/C17H14N6O4S/c18-7-10-27-17(24)21-28(25,26)15-3-1-14(2-4-15)16-12-23(22-20-16)11-13-5-8-19-9-6-13/h1-6,8-9,12H,10-11H2,(H,21,24). The maximum absolute atomic E-state index is 12.1. The number of rotatable bonds is 6. The van der Waals surface area contributed by atoms with Crippen LogP contribution in [0, 0.1) is 11.3 Å². The topological polar surface area (TPSA) is 140 Å². The van der Waals surface area contributed by atoms with Crippen molar-refractivity contribution in [3.05, 3.63) is 60.6 Å². The van der Waals surface area contributed by atoms with E-state index >= 15 is 0 Å². The van der Waals surface area contributed by atoms with Crippen molar-refractivity contribution in [1.82, 2.24) is 24.7 Å². The van der Waals surface area contributed by atoms with Crippen LogP contribution < -0.4 is 4.72 Å². The van der Waals surface area contributed by atoms with E-state index in [1.54, 1.807) is 46.2 Å². The molecule has 0 radical (unpaired) electrons. The van der Waals surface area contributed by atoms with E-state index in [0.717, 1.165) is 5.56 Å². The fraction of sp³-hybridized carbons (Fsp3) is 0.118. The van der Waals surface area contributed by atoms with Crippen LogP contribution in [0.25, 0.3) is 11.3 Å². The molecule has 2 heterocycles. The number of benzene rings is 1. The van der Waals surface area contributed by atoms with Gasteiger partial charge in [-0.15, -0.1) is 5.10 Å². The number of hydrogen-bond acceptors (Lipinski definition) is 8. The van der Waals surface area contributed by atoms with E-state index in [1.807, 2.05) is 12.1 Å². The van der Waals surface area contributed by atoms with Crippen LogP contribution in [0.5, 0.6) is 0 Å². The minimum absolute atomic E-state index is 0.130. The highest BCUT2D eigenvalue weighted by Crippen LogP contribution is 2.19. The first kappa shape index (κ1) is 19.0. The average Bonchev–Trinajstić information content (AvgIpc) is 3.15. The second kappa shape index (κ2) is 8.28. The largest absolute Gasteiger partial charge is 0.433 e. The third kappa shape index (κ3) is 4.68. The van der Waals surface area contributed by atoms with Crippen LogP contribution in [-0.4, -0.2) is 41.1 Å². The molecule has 0 aliphatic heterocycles. The van der Waals surface area contributed by atoms with Gasteiger partial charge in [-0.2, -0.15) is 5.26 Å². The zero-order valence-corrected chi connectivity index (χ0v) is 15.2. The molecule has 0 saturated heterocycles. The number of sulfonamides is 1. The summed E-state index contributed by atoms with van der Waals surface area (Å²) in [5.74, 6) is 0. The van der Waals surface area contributed by atoms with E-state index in [-0.39, 0.29) is 4.90 Å². The molecule has 3 aromatic rings. The Morgan fingerprint density at radius 3 is 2.57 bits per heavy atom. The van der Waals surface area contributed by atoms with Gasteiger partial charge in [0.25, 0.3) is 10.0 Å². The lowest BCUT2D eigenvalue weighted by Crippen LogP contribution is -2.31. The van der Waals surface area contributed by atoms with Gasteiger partial charge in [0.15, 0.2) is 6.61 Å². The lowest BCUT2D eigenvalue weighted by molar-refractivity contribution is 0.166. The van der Waals surface area contributed by atoms with Crippen molar-refractivity contribution in [2.75, 3.05) is 6.61 Å². The van der Waals surface area contributed by atoms with Crippen molar-refractivity contribution < 1.29 is 17.9 Å². The predicted molar refractivity (Wildman–Crippen MR) is 96.1 cm³/mol. The SMILES string of the molecule is N#CCOC(=O)NS(=O)(=O)c1ccc(-c2cn(Cc3ccncc3)nn2)cc1. The zero-order chi connectivity index (χ0) is 20.0. The first-order valence-corrected chi connectivity index (χ1v) is 9.42. The molecule has 0 fully saturated rings. The van der Waals surface area contributed by atoms with Gasteiger partial charge in [0.1, 0.15) is 11.8 Å². The van der Waals surface area contributed by atoms with Crippen molar-refractivity contribution in [2.45, 2.75) is 11.4 Å². The van der Waals surface area contributed by atoms with E-state index < -0.39 is 22.7 Å². The number of carbonyl (C=O) groups excluding carboxylic acids is 1. The summed E-state index contributed by atoms with van der Waals surface area (Å²) >= 11 is 0. The van der Waals surface area contributed by atoms with E-state index in [0.29, 0.717) is 17.8 Å². The number of nitrogens with one attached hydrogen (secondary N) is 1. The van der Waals surface area contributed by atoms with Crippen molar-refractivity contribution >= 4 is 16.1 Å². The summed E-state index contributed by atoms with van der Waals surface area (Å²) in [5, 5.41) is 16.5. The molecule has 1 aromatic carbocycles. The number of pyridine rings is 1. The lowest BCUT2D eigenvalue weighted by atomic mass is 10.2. The number of ether oxygens (including phenoxy) is 1. The van der Waals surface area contributed by atoms with Gasteiger partial charge in [-0.05, 0) is 29.8 Å². The Morgan fingerprint density at radius 2 is 1.89 bits per heavy atom. The lowest BCUT2D eigenvalue weighted by Gasteiger charge is -2.06. The van der Waals surface area contributed by atoms with Gasteiger partial charge in [-0.25, -0.2) is 22.6 Å². The molecule has 11 heteroatoms. The van der Waals surface area contributed by atoms with E-state index in [4.69, 9.17) is 5.26 Å². The van der Waals surface area contributed by atoms with E-state index in [1.165, 1.54) is 12.1 Å². The molecule has 0 spiro atoms. The fourth-order valence-corrected chi connectivity index (χ4v) is 3.17. The van der Waals surface area contributed by atoms with Crippen LogP contribution in [0.3, 0.4) is 0 Å². The number of nitrogens with zero attached hydrogens (tertiary/aromatic N) is 5. The van der Waals surface area contributed by atoms with Gasteiger partial charge in [0.2, 0.25) is 0 Å². The number of carbonyl (C=O) groups is 1. The summed E-state index contributed by atoms with van der Waals surface area (Å²) in [7, 11) is -4.11. The van der Waals surface area contributed by atoms with Gasteiger partial charge in [-0.3, -0.25) is 4.98 Å². The molecular weight excluding hydrogens is 384 g/mol. The van der Waals surface area contributed by atoms with Crippen molar-refractivity contribution in [3.63, 3.8) is 0 Å². The molecule has 3 rings (SSSR count). The smallest absolute Gasteiger partial charge is 0.422 e. The van der Waals surface area contributed by atoms with E-state index in [9.17, 15) is 13.2 Å². The Morgan fingerprint density at radius 1 is 1.18 bits per heavy atom. The molecule has 0 bridgehead atoms. The molecular formula is C17H14N6O4S. The minimum atomic E-state index is -4.11. The van der Waals surface area contributed by atoms with Crippen LogP contribution in [0.1, 0.15) is 5.56 Å². The predicted octanol–water partition coefficient (Wildman–Crippen LogP) is 1.33. The Balaban J connectivity index is 1.71. The molecule has 0 saturated carbocycles. The minimum Gasteiger partial charge on any atom is -0.433 e. The van der Waals surface area contributed by atoms with Crippen LogP contribution in [0.15, 0.2) is 59.9 Å². The third-order valence-electron chi connectivity index (χ3n) is 3.58. The molecule has 0 atom stereocenters. The number of amides is 1. The summed E-state index contributed by atoms with van der Waals surface area (Å²) in [5.41, 5.74) is 2.24. The molecule has 0 unspecified atom stereocenters. The molecule has 10 nitrogen and oxygen atoms in total. The highest BCUT2D eigenvalue weighted by Gasteiger charge is 2.18. The maximum atomic E-state index is 12.1. The normalized spacial score (nSPS) is 10.8. The zero-order valence-electron chi connectivity index (χ0n) is 14.4. The number of nitriles is 1. The highest BCUT2D eigenvalue weighted by molar-refractivity contribution is 7.90. The summed E-state index contributed by atoms with van der Waals surface area (Å²) < 4.78 is 32.0. The van der Waals surface area contributed by atoms with Gasteiger partial charge >= 0.3 is 6.09 Å². The second-order valence-corrected chi connectivity index (χ2v) is 7.20. The van der Waals surface area contributed by atoms with Crippen molar-refractivity contribution in [1.29, 1.82) is 5.26 Å². The Labute approximate surface area is 160 Å². The van der Waals surface area contributed by atoms with E-state index in [2.05, 4.69) is 20.0 Å². The Kier molecular flexibility index (Phi) is 5.61. The third-order valence-corrected chi connectivity index (χ3v) is 4.91. The quantitative estimate of drug-likeness (QED) is 0.656. The molecule has 1 N–H and O–H groups in total. The monoisotopic (exact) mass is 398 g/mol. The first-order valence-electron chi connectivity index (χ1n) is 7.94. The second-order valence-electron chi connectivity index (χ2n) is 5.52. The van der Waals surface area contributed by atoms with Gasteiger partial charge < -0.3 is 4.74 Å². The molecule has 28 heavy (non-hydrogen) atoms. The molecule has 0 aliphatic rings. The fourth-order valence-electron chi connectivity index (χ4n) is 2.28. The number of aromatic nitrogens is 4. The van der Waals surface area contributed by atoms with Gasteiger partial charge in [0.05, 0.1) is 17.6 Å². The van der Waals surface area contributed by atoms with Crippen molar-refractivity contribution in [2.24, 2.45) is 0 Å². The van der Waals surface area contributed by atoms with Crippen LogP contribution in [0.2, 0.25) is 0 Å². The molecule has 2 aromatic heterocycles. The van der Waals surface area contributed by atoms with Gasteiger partial charge in [0, 0.05) is 18.0 Å². The summed E-state index contributed by atoms with van der Waals surface area (Å²) in [6.45, 7) is -0.0217. The van der Waals surface area contributed by atoms with Crippen LogP contribution >= 0.6 is 0 Å². The van der Waals surface area contributed by atoms with Crippen LogP contribution in [-0.2, 0) is 21.3 Å². The maximum Gasteiger partial charge on any atom is 0.422 e. The summed E-state index contributed by atoms with van der Waals surface area (Å²) in [6, 6.07) is 11.1. The average molecular weight is 398 g/mol. The molecule has 142 valence electrons. The first-order chi connectivity index (χ1) is 13.5. The van der Waals surface area contributed by atoms with Crippen molar-refractivity contribution in [3.8, 4) is 17.3 Å². The number of hydrogen-bond donors (Lipinski definition) is 1. The Bertz CT molecular complexity index is 1100. The summed E-state index contributed by atoms with van der Waals surface area (Å²) in [4.78, 5) is 15.2. The Hall–Kier alpha value is -3.78. The van der Waals surface area contributed by atoms with Crippen LogP contribution in [0.4, 0.5) is 4.79 Å². The highest BCUT2D eigenvalue weighted by atomic mass is 32.2. The molecule has 1 amide bonds. The summed E-state index contributed by atoms with van der Waals surface area (Å²) in [6.07, 6.45) is 3.90. The van der Waals surface area contributed by atoms with Gasteiger partial charge in [-0.1, -0.05) is 17.3 Å². The molecule has 0 aliphatic carbocycles.